The van der Waals surface area contributed by atoms with Gasteiger partial charge in [-0.3, -0.25) is 9.97 Å². The normalized spacial score (nSPS) is 10.5. The minimum atomic E-state index is -5.19. The number of carboxylic acids is 2. The molecule has 8 nitrogen and oxygen atoms in total. The Kier molecular flexibility index (Phi) is 10.3. The molecule has 0 amide bonds. The molecule has 0 aliphatic heterocycles. The number of hydrogen-bond donors (Lipinski definition) is 0. The third kappa shape index (κ3) is 10.3. The van der Waals surface area contributed by atoms with Gasteiger partial charge in [-0.25, -0.2) is 9.97 Å². The van der Waals surface area contributed by atoms with Crippen LogP contribution in [0.3, 0.4) is 0 Å². The van der Waals surface area contributed by atoms with Gasteiger partial charge in [0.15, 0.2) is 24.8 Å². The highest BCUT2D eigenvalue weighted by molar-refractivity contribution is 5.76. The number of nitrogens with zero attached hydrogens (tertiary/aromatic N) is 2. The summed E-state index contributed by atoms with van der Waals surface area (Å²) in [4.78, 5) is 31.9. The van der Waals surface area contributed by atoms with Crippen LogP contribution in [0.1, 0.15) is 0 Å². The first-order valence-electron chi connectivity index (χ1n) is 8.80. The lowest BCUT2D eigenvalue weighted by atomic mass is 10.3. The predicted octanol–water partition coefficient (Wildman–Crippen LogP) is 0.695. The molecule has 0 saturated heterocycles. The van der Waals surface area contributed by atoms with Gasteiger partial charge in [-0.2, -0.15) is 26.3 Å². The second kappa shape index (κ2) is 12.6. The number of nitrogens with one attached hydrogen (secondary N) is 2. The summed E-state index contributed by atoms with van der Waals surface area (Å²) < 4.78 is 63.1. The first kappa shape index (κ1) is 27.7. The summed E-state index contributed by atoms with van der Waals surface area (Å²) >= 11 is 0. The third-order valence-electron chi connectivity index (χ3n) is 3.36. The summed E-state index contributed by atoms with van der Waals surface area (Å²) in [6, 6.07) is 11.8. The molecule has 0 aromatic carbocycles. The van der Waals surface area contributed by atoms with Gasteiger partial charge < -0.3 is 19.8 Å². The fourth-order valence-corrected chi connectivity index (χ4v) is 1.91. The number of pyridine rings is 4. The fourth-order valence-electron chi connectivity index (χ4n) is 1.91. The van der Waals surface area contributed by atoms with Crippen molar-refractivity contribution < 1.29 is 56.1 Å². The summed E-state index contributed by atoms with van der Waals surface area (Å²) in [6.07, 6.45) is 0.806. The highest BCUT2D eigenvalue weighted by Gasteiger charge is 2.29. The number of rotatable bonds is 0. The molecular formula is C20H14F6N4O4. The van der Waals surface area contributed by atoms with Gasteiger partial charge >= 0.3 is 12.4 Å². The van der Waals surface area contributed by atoms with Crippen molar-refractivity contribution in [3.63, 3.8) is 0 Å². The van der Waals surface area contributed by atoms with Crippen molar-refractivity contribution in [2.75, 3.05) is 0 Å². The number of carboxylic acid groups (broad SMARTS) is 2. The quantitative estimate of drug-likeness (QED) is 0.335. The molecule has 0 spiro atoms. The Balaban J connectivity index is 0.000000231. The zero-order chi connectivity index (χ0) is 25.8. The molecule has 0 fully saturated rings. The minimum absolute atomic E-state index is 1.03. The summed E-state index contributed by atoms with van der Waals surface area (Å²) in [5.74, 6) is -6.01. The monoisotopic (exact) mass is 488 g/mol. The van der Waals surface area contributed by atoms with Crippen LogP contribution in [0.25, 0.3) is 21.8 Å². The lowest BCUT2D eigenvalue weighted by Crippen LogP contribution is -2.37. The van der Waals surface area contributed by atoms with Crippen molar-refractivity contribution in [1.82, 2.24) is 9.97 Å². The van der Waals surface area contributed by atoms with E-state index in [1.54, 1.807) is 12.4 Å². The van der Waals surface area contributed by atoms with E-state index in [1.807, 2.05) is 61.2 Å². The number of H-pyrrole nitrogens is 2. The summed E-state index contributed by atoms with van der Waals surface area (Å²) in [6.45, 7) is 0. The molecule has 0 aliphatic rings. The maximum atomic E-state index is 10.5. The average Bonchev–Trinajstić information content (AvgIpc) is 2.79. The maximum Gasteiger partial charge on any atom is 0.430 e. The van der Waals surface area contributed by atoms with Crippen LogP contribution < -0.4 is 20.2 Å². The van der Waals surface area contributed by atoms with Crippen LogP contribution in [0.5, 0.6) is 0 Å². The van der Waals surface area contributed by atoms with E-state index < -0.39 is 24.3 Å². The molecule has 4 aromatic heterocycles. The summed E-state index contributed by atoms with van der Waals surface area (Å²) in [7, 11) is 0. The number of aromatic nitrogens is 4. The van der Waals surface area contributed by atoms with Crippen LogP contribution in [-0.4, -0.2) is 34.3 Å². The van der Waals surface area contributed by atoms with Gasteiger partial charge in [-0.05, 0) is 24.3 Å². The van der Waals surface area contributed by atoms with Crippen molar-refractivity contribution in [2.45, 2.75) is 12.4 Å². The predicted molar refractivity (Wildman–Crippen MR) is 98.7 cm³/mol. The number of carbonyl (C=O) groups excluding carboxylic acids is 2. The molecule has 34 heavy (non-hydrogen) atoms. The lowest BCUT2D eigenvalue weighted by Gasteiger charge is -2.03. The molecular weight excluding hydrogens is 474 g/mol. The molecule has 0 bridgehead atoms. The number of carbonyl (C=O) groups is 2. The van der Waals surface area contributed by atoms with Crippen LogP contribution in [-0.2, 0) is 9.59 Å². The Morgan fingerprint density at radius 3 is 1.26 bits per heavy atom. The Bertz CT molecular complexity index is 993. The molecule has 2 N–H and O–H groups in total. The lowest BCUT2D eigenvalue weighted by molar-refractivity contribution is -0.376. The molecule has 4 aromatic rings. The fraction of sp³-hybridized carbons (Fsp3) is 0.100. The van der Waals surface area contributed by atoms with Crippen LogP contribution in [0.4, 0.5) is 26.3 Å². The van der Waals surface area contributed by atoms with E-state index in [0.29, 0.717) is 0 Å². The molecule has 0 radical (unpaired) electrons. The van der Waals surface area contributed by atoms with E-state index in [2.05, 4.69) is 19.9 Å². The number of aliphatic carboxylic acids is 2. The molecule has 0 atom stereocenters. The molecule has 0 unspecified atom stereocenters. The van der Waals surface area contributed by atoms with Crippen molar-refractivity contribution in [1.29, 1.82) is 0 Å². The number of hydrogen-bond acceptors (Lipinski definition) is 6. The smallest absolute Gasteiger partial charge is 0.430 e. The van der Waals surface area contributed by atoms with Crippen LogP contribution in [0, 0.1) is 0 Å². The second-order valence-electron chi connectivity index (χ2n) is 5.81. The first-order valence-corrected chi connectivity index (χ1v) is 8.80. The standard InChI is InChI=1S/2C8H6N2.2C2HF3O2/c2*1-2-7-6-9-5-3-8(7)10-4-1;2*3-2(4,5)1(6)7/h2*1-6H;2*(H,6,7). The van der Waals surface area contributed by atoms with Crippen LogP contribution in [0.15, 0.2) is 73.6 Å². The van der Waals surface area contributed by atoms with Gasteiger partial charge in [-0.1, -0.05) is 0 Å². The Hall–Kier alpha value is -4.36. The van der Waals surface area contributed by atoms with Gasteiger partial charge in [0.05, 0.1) is 21.8 Å². The van der Waals surface area contributed by atoms with E-state index in [4.69, 9.17) is 19.8 Å². The van der Waals surface area contributed by atoms with E-state index in [9.17, 15) is 26.3 Å². The van der Waals surface area contributed by atoms with Crippen molar-refractivity contribution in [3.05, 3.63) is 73.6 Å². The molecule has 4 rings (SSSR count). The van der Waals surface area contributed by atoms with Gasteiger partial charge in [0.2, 0.25) is 0 Å². The van der Waals surface area contributed by atoms with Gasteiger partial charge in [0.25, 0.3) is 0 Å². The van der Waals surface area contributed by atoms with Crippen molar-refractivity contribution in [2.24, 2.45) is 0 Å². The average molecular weight is 488 g/mol. The van der Waals surface area contributed by atoms with Gasteiger partial charge in [0, 0.05) is 24.5 Å². The van der Waals surface area contributed by atoms with Gasteiger partial charge in [0.1, 0.15) is 11.9 Å². The number of alkyl halides is 6. The number of fused-ring (bicyclic) bond motifs is 2. The first-order chi connectivity index (χ1) is 15.8. The topological polar surface area (TPSA) is 134 Å². The zero-order valence-electron chi connectivity index (χ0n) is 16.7. The van der Waals surface area contributed by atoms with E-state index in [1.165, 1.54) is 0 Å². The number of halogens is 6. The Morgan fingerprint density at radius 1 is 0.676 bits per heavy atom. The highest BCUT2D eigenvalue weighted by atomic mass is 19.4. The maximum absolute atomic E-state index is 10.5. The SMILES string of the molecule is O=C([O-])C(F)(F)F.O=C([O-])C(F)(F)F.c1cnc2cc[nH+]cc2c1.c1cnc2cc[nH+]cc2c1. The summed E-state index contributed by atoms with van der Waals surface area (Å²) in [5.41, 5.74) is 2.06. The van der Waals surface area contributed by atoms with E-state index in [0.717, 1.165) is 21.8 Å². The summed E-state index contributed by atoms with van der Waals surface area (Å²) in [5, 5.41) is 19.9. The minimum Gasteiger partial charge on any atom is -0.542 e. The van der Waals surface area contributed by atoms with E-state index >= 15 is 0 Å². The third-order valence-corrected chi connectivity index (χ3v) is 3.36. The number of aromatic amines is 2. The Morgan fingerprint density at radius 2 is 1.00 bits per heavy atom. The highest BCUT2D eigenvalue weighted by Crippen LogP contribution is 2.12. The van der Waals surface area contributed by atoms with E-state index in [-0.39, 0.29) is 0 Å². The Labute approximate surface area is 186 Å². The molecule has 4 heterocycles. The molecule has 180 valence electrons. The van der Waals surface area contributed by atoms with Gasteiger partial charge in [-0.15, -0.1) is 0 Å². The molecule has 0 saturated carbocycles. The van der Waals surface area contributed by atoms with Crippen LogP contribution in [0.2, 0.25) is 0 Å². The molecule has 14 heteroatoms. The second-order valence-corrected chi connectivity index (χ2v) is 5.81. The zero-order valence-corrected chi connectivity index (χ0v) is 16.7. The molecule has 0 aliphatic carbocycles. The van der Waals surface area contributed by atoms with Crippen LogP contribution >= 0.6 is 0 Å². The van der Waals surface area contributed by atoms with Crippen molar-refractivity contribution >= 4 is 33.7 Å². The van der Waals surface area contributed by atoms with Crippen molar-refractivity contribution in [3.8, 4) is 0 Å². The largest absolute Gasteiger partial charge is 0.542 e.